The van der Waals surface area contributed by atoms with Crippen LogP contribution < -0.4 is 5.32 Å². The molecule has 0 amide bonds. The summed E-state index contributed by atoms with van der Waals surface area (Å²) in [5, 5.41) is 13.1. The van der Waals surface area contributed by atoms with Crippen molar-refractivity contribution in [1.29, 1.82) is 0 Å². The van der Waals surface area contributed by atoms with Gasteiger partial charge in [0.2, 0.25) is 0 Å². The number of hydrogen-bond donors (Lipinski definition) is 2. The molecule has 4 heteroatoms. The molecule has 2 atom stereocenters. The lowest BCUT2D eigenvalue weighted by Gasteiger charge is -2.43. The zero-order valence-electron chi connectivity index (χ0n) is 10.7. The van der Waals surface area contributed by atoms with E-state index in [4.69, 9.17) is 4.74 Å². The summed E-state index contributed by atoms with van der Waals surface area (Å²) in [7, 11) is 1.67. The normalized spacial score (nSPS) is 28.1. The van der Waals surface area contributed by atoms with E-state index in [1.807, 2.05) is 0 Å². The second-order valence-electron chi connectivity index (χ2n) is 4.92. The maximum Gasteiger partial charge on any atom is 0.123 e. The smallest absolute Gasteiger partial charge is 0.123 e. The maximum atomic E-state index is 12.9. The molecule has 1 aliphatic rings. The van der Waals surface area contributed by atoms with Crippen molar-refractivity contribution in [2.45, 2.75) is 37.3 Å². The first-order valence-corrected chi connectivity index (χ1v) is 6.37. The molecule has 0 bridgehead atoms. The molecule has 0 aliphatic heterocycles. The number of benzene rings is 1. The summed E-state index contributed by atoms with van der Waals surface area (Å²) < 4.78 is 18.4. The molecule has 1 fully saturated rings. The minimum Gasteiger partial charge on any atom is -0.394 e. The predicted octanol–water partition coefficient (Wildman–Crippen LogP) is 2.56. The Morgan fingerprint density at radius 3 is 2.72 bits per heavy atom. The molecule has 3 nitrogen and oxygen atoms in total. The SMILES string of the molecule is COC1CCCCC1(CO)Nc1ccc(F)cc1. The Kier molecular flexibility index (Phi) is 4.19. The van der Waals surface area contributed by atoms with Gasteiger partial charge in [-0.2, -0.15) is 0 Å². The lowest BCUT2D eigenvalue weighted by atomic mass is 9.79. The van der Waals surface area contributed by atoms with E-state index in [1.54, 1.807) is 19.2 Å². The van der Waals surface area contributed by atoms with Gasteiger partial charge in [-0.3, -0.25) is 0 Å². The van der Waals surface area contributed by atoms with E-state index in [0.717, 1.165) is 31.4 Å². The molecule has 0 saturated heterocycles. The standard InChI is InChI=1S/C14H20FNO2/c1-18-13-4-2-3-9-14(13,10-17)16-12-7-5-11(15)6-8-12/h5-8,13,16-17H,2-4,9-10H2,1H3. The average molecular weight is 253 g/mol. The van der Waals surface area contributed by atoms with Gasteiger partial charge in [-0.25, -0.2) is 4.39 Å². The highest BCUT2D eigenvalue weighted by Gasteiger charge is 2.40. The topological polar surface area (TPSA) is 41.5 Å². The lowest BCUT2D eigenvalue weighted by molar-refractivity contribution is -0.00855. The second-order valence-corrected chi connectivity index (χ2v) is 4.92. The summed E-state index contributed by atoms with van der Waals surface area (Å²) in [6.45, 7) is 0.0167. The Morgan fingerprint density at radius 1 is 1.39 bits per heavy atom. The van der Waals surface area contributed by atoms with Crippen molar-refractivity contribution in [3.05, 3.63) is 30.1 Å². The molecule has 2 unspecified atom stereocenters. The summed E-state index contributed by atoms with van der Waals surface area (Å²) in [5.41, 5.74) is 0.361. The van der Waals surface area contributed by atoms with Gasteiger partial charge >= 0.3 is 0 Å². The number of halogens is 1. The highest BCUT2D eigenvalue weighted by molar-refractivity contribution is 5.46. The summed E-state index contributed by atoms with van der Waals surface area (Å²) in [4.78, 5) is 0. The third-order valence-corrected chi connectivity index (χ3v) is 3.76. The van der Waals surface area contributed by atoms with Crippen LogP contribution in [-0.2, 0) is 4.74 Å². The molecule has 1 saturated carbocycles. The maximum absolute atomic E-state index is 12.9. The van der Waals surface area contributed by atoms with Gasteiger partial charge in [-0.1, -0.05) is 12.8 Å². The summed E-state index contributed by atoms with van der Waals surface area (Å²) in [6, 6.07) is 6.21. The van der Waals surface area contributed by atoms with Crippen molar-refractivity contribution in [3.63, 3.8) is 0 Å². The van der Waals surface area contributed by atoms with Crippen LogP contribution in [0.5, 0.6) is 0 Å². The number of nitrogens with one attached hydrogen (secondary N) is 1. The van der Waals surface area contributed by atoms with Crippen LogP contribution in [0.1, 0.15) is 25.7 Å². The van der Waals surface area contributed by atoms with E-state index in [2.05, 4.69) is 5.32 Å². The lowest BCUT2D eigenvalue weighted by Crippen LogP contribution is -2.55. The van der Waals surface area contributed by atoms with Crippen molar-refractivity contribution in [3.8, 4) is 0 Å². The van der Waals surface area contributed by atoms with E-state index in [-0.39, 0.29) is 18.5 Å². The van der Waals surface area contributed by atoms with Gasteiger partial charge in [0.1, 0.15) is 5.82 Å². The average Bonchev–Trinajstić information content (AvgIpc) is 2.42. The summed E-state index contributed by atoms with van der Waals surface area (Å²) >= 11 is 0. The Labute approximate surface area is 107 Å². The number of ether oxygens (including phenoxy) is 1. The minimum absolute atomic E-state index is 0.0127. The van der Waals surface area contributed by atoms with Gasteiger partial charge in [0.15, 0.2) is 0 Å². The Hall–Kier alpha value is -1.13. The van der Waals surface area contributed by atoms with Crippen LogP contribution in [0.25, 0.3) is 0 Å². The zero-order valence-corrected chi connectivity index (χ0v) is 10.7. The van der Waals surface area contributed by atoms with Gasteiger partial charge < -0.3 is 15.2 Å². The number of hydrogen-bond acceptors (Lipinski definition) is 3. The first kappa shape index (κ1) is 13.3. The van der Waals surface area contributed by atoms with Crippen molar-refractivity contribution in [1.82, 2.24) is 0 Å². The molecule has 100 valence electrons. The molecule has 2 N–H and O–H groups in total. The zero-order chi connectivity index (χ0) is 13.0. The van der Waals surface area contributed by atoms with Gasteiger partial charge in [0.05, 0.1) is 18.2 Å². The molecule has 1 aromatic rings. The van der Waals surface area contributed by atoms with Crippen LogP contribution in [-0.4, -0.2) is 30.5 Å². The largest absolute Gasteiger partial charge is 0.394 e. The fourth-order valence-corrected chi connectivity index (χ4v) is 2.73. The molecule has 0 aromatic heterocycles. The summed E-state index contributed by atoms with van der Waals surface area (Å²) in [5.74, 6) is -0.259. The van der Waals surface area contributed by atoms with Crippen molar-refractivity contribution >= 4 is 5.69 Å². The molecule has 1 aliphatic carbocycles. The van der Waals surface area contributed by atoms with Gasteiger partial charge in [-0.15, -0.1) is 0 Å². The third-order valence-electron chi connectivity index (χ3n) is 3.76. The molecule has 0 radical (unpaired) electrons. The molecule has 0 heterocycles. The highest BCUT2D eigenvalue weighted by Crippen LogP contribution is 2.33. The van der Waals surface area contributed by atoms with Crippen LogP contribution in [0.4, 0.5) is 10.1 Å². The van der Waals surface area contributed by atoms with Crippen LogP contribution in [0.15, 0.2) is 24.3 Å². The number of aliphatic hydroxyl groups excluding tert-OH is 1. The predicted molar refractivity (Wildman–Crippen MR) is 69.1 cm³/mol. The second kappa shape index (κ2) is 5.67. The highest BCUT2D eigenvalue weighted by atomic mass is 19.1. The molecule has 2 rings (SSSR count). The van der Waals surface area contributed by atoms with E-state index >= 15 is 0 Å². The number of methoxy groups -OCH3 is 1. The van der Waals surface area contributed by atoms with Crippen LogP contribution in [0.2, 0.25) is 0 Å². The van der Waals surface area contributed by atoms with E-state index in [0.29, 0.717) is 0 Å². The summed E-state index contributed by atoms with van der Waals surface area (Å²) in [6.07, 6.45) is 3.96. The molecular formula is C14H20FNO2. The quantitative estimate of drug-likeness (QED) is 0.866. The van der Waals surface area contributed by atoms with Crippen LogP contribution in [0, 0.1) is 5.82 Å². The number of anilines is 1. The number of aliphatic hydroxyl groups is 1. The minimum atomic E-state index is -0.454. The van der Waals surface area contributed by atoms with Crippen molar-refractivity contribution < 1.29 is 14.2 Å². The van der Waals surface area contributed by atoms with Crippen molar-refractivity contribution in [2.75, 3.05) is 19.0 Å². The van der Waals surface area contributed by atoms with E-state index in [1.165, 1.54) is 12.1 Å². The van der Waals surface area contributed by atoms with Crippen LogP contribution >= 0.6 is 0 Å². The molecule has 0 spiro atoms. The van der Waals surface area contributed by atoms with Gasteiger partial charge in [0.25, 0.3) is 0 Å². The molecule has 1 aromatic carbocycles. The van der Waals surface area contributed by atoms with Crippen molar-refractivity contribution in [2.24, 2.45) is 0 Å². The number of rotatable bonds is 4. The first-order valence-electron chi connectivity index (χ1n) is 6.37. The van der Waals surface area contributed by atoms with E-state index in [9.17, 15) is 9.50 Å². The monoisotopic (exact) mass is 253 g/mol. The van der Waals surface area contributed by atoms with Gasteiger partial charge in [0, 0.05) is 12.8 Å². The third kappa shape index (κ3) is 2.65. The van der Waals surface area contributed by atoms with Crippen LogP contribution in [0.3, 0.4) is 0 Å². The van der Waals surface area contributed by atoms with Gasteiger partial charge in [-0.05, 0) is 37.1 Å². The molecule has 18 heavy (non-hydrogen) atoms. The first-order chi connectivity index (χ1) is 8.70. The Morgan fingerprint density at radius 2 is 2.11 bits per heavy atom. The Balaban J connectivity index is 2.18. The van der Waals surface area contributed by atoms with E-state index < -0.39 is 5.54 Å². The molecular weight excluding hydrogens is 233 g/mol. The fourth-order valence-electron chi connectivity index (χ4n) is 2.73. The fraction of sp³-hybridized carbons (Fsp3) is 0.571. The Bertz CT molecular complexity index is 382.